The number of nitrogens with one attached hydrogen (secondary N) is 1. The smallest absolute Gasteiger partial charge is 0.193 e. The van der Waals surface area contributed by atoms with Crippen molar-refractivity contribution in [2.45, 2.75) is 31.1 Å². The molecule has 0 aromatic heterocycles. The maximum Gasteiger partial charge on any atom is 0.193 e. The zero-order valence-electron chi connectivity index (χ0n) is 15.1. The summed E-state index contributed by atoms with van der Waals surface area (Å²) in [5.41, 5.74) is 1.34. The lowest BCUT2D eigenvalue weighted by atomic mass is 9.64. The Labute approximate surface area is 167 Å². The number of rotatable bonds is 5. The minimum absolute atomic E-state index is 0. The lowest BCUT2D eigenvalue weighted by molar-refractivity contribution is 0.181. The number of ether oxygens (including phenoxy) is 1. The highest BCUT2D eigenvalue weighted by molar-refractivity contribution is 14.0. The molecule has 140 valence electrons. The fraction of sp³-hybridized carbons (Fsp3) is 0.632. The normalized spacial score (nSPS) is 22.0. The van der Waals surface area contributed by atoms with Crippen LogP contribution >= 0.6 is 24.0 Å². The Hall–Kier alpha value is -0.890. The van der Waals surface area contributed by atoms with Crippen molar-refractivity contribution in [3.05, 3.63) is 35.6 Å². The molecule has 0 amide bonds. The van der Waals surface area contributed by atoms with Crippen LogP contribution in [-0.2, 0) is 10.2 Å². The fourth-order valence-corrected chi connectivity index (χ4v) is 3.81. The first-order valence-corrected chi connectivity index (χ1v) is 8.88. The number of benzene rings is 1. The Balaban J connectivity index is 0.00000225. The second-order valence-electron chi connectivity index (χ2n) is 7.15. The Bertz CT molecular complexity index is 569. The number of nitrogens with zero attached hydrogens (tertiary/aromatic N) is 2. The quantitative estimate of drug-likeness (QED) is 0.415. The molecular formula is C19H29FIN3O. The molecule has 1 unspecified atom stereocenters. The third-order valence-electron chi connectivity index (χ3n) is 5.48. The van der Waals surface area contributed by atoms with Gasteiger partial charge in [0.25, 0.3) is 0 Å². The van der Waals surface area contributed by atoms with Gasteiger partial charge in [0.05, 0.1) is 6.61 Å². The van der Waals surface area contributed by atoms with Crippen molar-refractivity contribution in [3.8, 4) is 0 Å². The lowest BCUT2D eigenvalue weighted by Gasteiger charge is -2.43. The molecule has 1 N–H and O–H groups in total. The zero-order chi connectivity index (χ0) is 17.0. The van der Waals surface area contributed by atoms with Crippen LogP contribution in [0.4, 0.5) is 4.39 Å². The molecular weight excluding hydrogens is 432 g/mol. The van der Waals surface area contributed by atoms with Crippen LogP contribution in [0.5, 0.6) is 0 Å². The molecule has 25 heavy (non-hydrogen) atoms. The number of hydrogen-bond donors (Lipinski definition) is 1. The van der Waals surface area contributed by atoms with E-state index in [9.17, 15) is 4.39 Å². The van der Waals surface area contributed by atoms with Crippen LogP contribution in [0, 0.1) is 11.7 Å². The van der Waals surface area contributed by atoms with E-state index in [0.29, 0.717) is 5.92 Å². The van der Waals surface area contributed by atoms with Gasteiger partial charge in [-0.1, -0.05) is 18.6 Å². The Kier molecular flexibility index (Phi) is 7.49. The van der Waals surface area contributed by atoms with E-state index in [-0.39, 0.29) is 35.2 Å². The van der Waals surface area contributed by atoms with Crippen LogP contribution in [-0.4, -0.2) is 51.3 Å². The molecule has 0 spiro atoms. The standard InChI is InChI=1S/C19H28FN3O.HI/c1-21-18(23(2)12-15-8-11-24-13-15)22-14-19(9-3-10-19)16-4-6-17(20)7-5-16;/h4-7,15H,3,8-14H2,1-2H3,(H,21,22);1H. The monoisotopic (exact) mass is 461 g/mol. The molecule has 0 bridgehead atoms. The van der Waals surface area contributed by atoms with Crippen LogP contribution in [0.2, 0.25) is 0 Å². The first-order chi connectivity index (χ1) is 11.6. The fourth-order valence-electron chi connectivity index (χ4n) is 3.81. The maximum atomic E-state index is 13.2. The van der Waals surface area contributed by atoms with Crippen molar-refractivity contribution < 1.29 is 9.13 Å². The molecule has 1 saturated heterocycles. The average molecular weight is 461 g/mol. The summed E-state index contributed by atoms with van der Waals surface area (Å²) < 4.78 is 18.7. The molecule has 3 rings (SSSR count). The van der Waals surface area contributed by atoms with Crippen molar-refractivity contribution in [2.75, 3.05) is 40.4 Å². The molecule has 1 aromatic carbocycles. The summed E-state index contributed by atoms with van der Waals surface area (Å²) in [5, 5.41) is 3.54. The molecule has 6 heteroatoms. The van der Waals surface area contributed by atoms with Gasteiger partial charge in [-0.15, -0.1) is 24.0 Å². The van der Waals surface area contributed by atoms with Gasteiger partial charge < -0.3 is 15.0 Å². The van der Waals surface area contributed by atoms with Gasteiger partial charge in [-0.25, -0.2) is 4.39 Å². The van der Waals surface area contributed by atoms with E-state index in [1.54, 1.807) is 12.1 Å². The summed E-state index contributed by atoms with van der Waals surface area (Å²) in [6, 6.07) is 6.99. The second-order valence-corrected chi connectivity index (χ2v) is 7.15. The van der Waals surface area contributed by atoms with Gasteiger partial charge >= 0.3 is 0 Å². The maximum absolute atomic E-state index is 13.2. The topological polar surface area (TPSA) is 36.9 Å². The van der Waals surface area contributed by atoms with Crippen molar-refractivity contribution in [1.82, 2.24) is 10.2 Å². The van der Waals surface area contributed by atoms with E-state index in [4.69, 9.17) is 4.74 Å². The van der Waals surface area contributed by atoms with Crippen LogP contribution in [0.25, 0.3) is 0 Å². The minimum atomic E-state index is -0.171. The van der Waals surface area contributed by atoms with Gasteiger partial charge in [0.2, 0.25) is 0 Å². The summed E-state index contributed by atoms with van der Waals surface area (Å²) in [4.78, 5) is 6.62. The van der Waals surface area contributed by atoms with Gasteiger partial charge in [0, 0.05) is 45.1 Å². The molecule has 2 aliphatic rings. The molecule has 0 radical (unpaired) electrons. The molecule has 1 aromatic rings. The van der Waals surface area contributed by atoms with Crippen molar-refractivity contribution in [1.29, 1.82) is 0 Å². The summed E-state index contributed by atoms with van der Waals surface area (Å²) in [6.07, 6.45) is 4.64. The highest BCUT2D eigenvalue weighted by Gasteiger charge is 2.38. The van der Waals surface area contributed by atoms with Crippen LogP contribution in [0.1, 0.15) is 31.2 Å². The third-order valence-corrected chi connectivity index (χ3v) is 5.48. The first-order valence-electron chi connectivity index (χ1n) is 8.88. The second kappa shape index (κ2) is 9.16. The van der Waals surface area contributed by atoms with Crippen LogP contribution < -0.4 is 5.32 Å². The van der Waals surface area contributed by atoms with E-state index in [0.717, 1.165) is 51.5 Å². The van der Waals surface area contributed by atoms with Crippen LogP contribution in [0.15, 0.2) is 29.3 Å². The summed E-state index contributed by atoms with van der Waals surface area (Å²) in [6.45, 7) is 3.53. The molecule has 1 aliphatic carbocycles. The van der Waals surface area contributed by atoms with Gasteiger partial charge in [-0.05, 0) is 37.0 Å². The largest absolute Gasteiger partial charge is 0.381 e. The summed E-state index contributed by atoms with van der Waals surface area (Å²) >= 11 is 0. The molecule has 4 nitrogen and oxygen atoms in total. The Morgan fingerprint density at radius 3 is 2.60 bits per heavy atom. The van der Waals surface area contributed by atoms with Crippen molar-refractivity contribution >= 4 is 29.9 Å². The minimum Gasteiger partial charge on any atom is -0.381 e. The lowest BCUT2D eigenvalue weighted by Crippen LogP contribution is -2.50. The predicted molar refractivity (Wildman–Crippen MR) is 110 cm³/mol. The van der Waals surface area contributed by atoms with Gasteiger partial charge in [-0.3, -0.25) is 4.99 Å². The molecule has 1 atom stereocenters. The summed E-state index contributed by atoms with van der Waals surface area (Å²) in [5.74, 6) is 1.34. The van der Waals surface area contributed by atoms with Gasteiger partial charge in [-0.2, -0.15) is 0 Å². The van der Waals surface area contributed by atoms with Crippen molar-refractivity contribution in [2.24, 2.45) is 10.9 Å². The van der Waals surface area contributed by atoms with E-state index in [1.165, 1.54) is 12.0 Å². The zero-order valence-corrected chi connectivity index (χ0v) is 17.5. The van der Waals surface area contributed by atoms with E-state index in [1.807, 2.05) is 19.2 Å². The van der Waals surface area contributed by atoms with Gasteiger partial charge in [0.1, 0.15) is 5.82 Å². The molecule has 2 fully saturated rings. The highest BCUT2D eigenvalue weighted by atomic mass is 127. The molecule has 1 saturated carbocycles. The summed E-state index contributed by atoms with van der Waals surface area (Å²) in [7, 11) is 3.91. The number of halogens is 2. The van der Waals surface area contributed by atoms with Crippen LogP contribution in [0.3, 0.4) is 0 Å². The first kappa shape index (κ1) is 20.4. The molecule has 1 heterocycles. The van der Waals surface area contributed by atoms with Crippen molar-refractivity contribution in [3.63, 3.8) is 0 Å². The number of guanidine groups is 1. The Morgan fingerprint density at radius 2 is 2.08 bits per heavy atom. The average Bonchev–Trinajstić information content (AvgIpc) is 3.04. The molecule has 1 aliphatic heterocycles. The SMILES string of the molecule is CN=C(NCC1(c2ccc(F)cc2)CCC1)N(C)CC1CCOC1.I. The number of aliphatic imine (C=N–C) groups is 1. The van der Waals surface area contributed by atoms with Gasteiger partial charge in [0.15, 0.2) is 5.96 Å². The van der Waals surface area contributed by atoms with E-state index >= 15 is 0 Å². The predicted octanol–water partition coefficient (Wildman–Crippen LogP) is 3.41. The van der Waals surface area contributed by atoms with E-state index < -0.39 is 0 Å². The Morgan fingerprint density at radius 1 is 1.36 bits per heavy atom. The number of hydrogen-bond acceptors (Lipinski definition) is 2. The van der Waals surface area contributed by atoms with E-state index in [2.05, 4.69) is 22.3 Å². The highest BCUT2D eigenvalue weighted by Crippen LogP contribution is 2.43. The third kappa shape index (κ3) is 4.84.